The van der Waals surface area contributed by atoms with Crippen molar-refractivity contribution < 1.29 is 18.1 Å². The minimum atomic E-state index is -1.77. The van der Waals surface area contributed by atoms with Crippen LogP contribution in [-0.2, 0) is 10.8 Å². The van der Waals surface area contributed by atoms with Crippen LogP contribution in [0.4, 0.5) is 8.78 Å². The second kappa shape index (κ2) is 6.54. The number of rotatable bonds is 5. The van der Waals surface area contributed by atoms with Crippen LogP contribution >= 0.6 is 0 Å². The highest BCUT2D eigenvalue weighted by Crippen LogP contribution is 2.15. The zero-order valence-corrected chi connectivity index (χ0v) is 12.1. The average Bonchev–Trinajstić information content (AvgIpc) is 2.28. The lowest BCUT2D eigenvalue weighted by Crippen LogP contribution is -2.42. The highest BCUT2D eigenvalue weighted by molar-refractivity contribution is 7.85. The van der Waals surface area contributed by atoms with Crippen LogP contribution in [0.15, 0.2) is 23.1 Å². The monoisotopic (exact) mass is 291 g/mol. The molecule has 1 aromatic rings. The molecule has 1 rings (SSSR count). The van der Waals surface area contributed by atoms with Gasteiger partial charge in [-0.2, -0.15) is 0 Å². The molecule has 108 valence electrons. The third kappa shape index (κ3) is 5.76. The summed E-state index contributed by atoms with van der Waals surface area (Å²) in [6.07, 6.45) is -0.886. The Kier molecular flexibility index (Phi) is 5.58. The molecule has 0 aromatic heterocycles. The number of β-amino-alcohol motifs (C(OH)–C–C–N with tert-alkyl or cyclic N) is 1. The van der Waals surface area contributed by atoms with Crippen molar-refractivity contribution in [2.75, 3.05) is 12.3 Å². The van der Waals surface area contributed by atoms with E-state index in [1.165, 1.54) is 0 Å². The highest BCUT2D eigenvalue weighted by atomic mass is 32.2. The maximum absolute atomic E-state index is 13.4. The molecule has 0 aliphatic rings. The van der Waals surface area contributed by atoms with E-state index in [0.29, 0.717) is 0 Å². The Balaban J connectivity index is 2.62. The van der Waals surface area contributed by atoms with Crippen molar-refractivity contribution in [2.45, 2.75) is 37.3 Å². The first-order valence-corrected chi connectivity index (χ1v) is 7.27. The summed E-state index contributed by atoms with van der Waals surface area (Å²) >= 11 is 0. The van der Waals surface area contributed by atoms with Crippen LogP contribution in [-0.4, -0.2) is 33.3 Å². The van der Waals surface area contributed by atoms with E-state index < -0.39 is 28.5 Å². The molecule has 0 radical (unpaired) electrons. The Morgan fingerprint density at radius 1 is 1.37 bits per heavy atom. The van der Waals surface area contributed by atoms with E-state index in [9.17, 15) is 18.1 Å². The SMILES string of the molecule is CC(C)(C)NCC(O)CS(=O)c1cc(F)ccc1F. The van der Waals surface area contributed by atoms with E-state index in [-0.39, 0.29) is 22.7 Å². The van der Waals surface area contributed by atoms with Crippen molar-refractivity contribution in [2.24, 2.45) is 0 Å². The molecule has 1 aromatic carbocycles. The Morgan fingerprint density at radius 2 is 2.00 bits per heavy atom. The number of halogens is 2. The first-order valence-electron chi connectivity index (χ1n) is 5.95. The van der Waals surface area contributed by atoms with Crippen LogP contribution in [0.1, 0.15) is 20.8 Å². The standard InChI is InChI=1S/C13H19F2NO2S/c1-13(2,3)16-7-10(17)8-19(18)12-6-9(14)4-5-11(12)15/h4-6,10,16-17H,7-8H2,1-3H3. The Labute approximate surface area is 114 Å². The van der Waals surface area contributed by atoms with Crippen LogP contribution in [0, 0.1) is 11.6 Å². The van der Waals surface area contributed by atoms with E-state index in [1.54, 1.807) is 0 Å². The molecular formula is C13H19F2NO2S. The molecule has 0 saturated heterocycles. The van der Waals surface area contributed by atoms with Gasteiger partial charge in [0.25, 0.3) is 0 Å². The Morgan fingerprint density at radius 3 is 2.58 bits per heavy atom. The maximum Gasteiger partial charge on any atom is 0.139 e. The lowest BCUT2D eigenvalue weighted by molar-refractivity contribution is 0.182. The first kappa shape index (κ1) is 16.2. The number of hydrogen-bond donors (Lipinski definition) is 2. The highest BCUT2D eigenvalue weighted by Gasteiger charge is 2.17. The first-order chi connectivity index (χ1) is 8.69. The maximum atomic E-state index is 13.4. The van der Waals surface area contributed by atoms with Crippen molar-refractivity contribution >= 4 is 10.8 Å². The van der Waals surface area contributed by atoms with Crippen molar-refractivity contribution in [1.82, 2.24) is 5.32 Å². The molecule has 0 aliphatic carbocycles. The lowest BCUT2D eigenvalue weighted by atomic mass is 10.1. The third-order valence-electron chi connectivity index (χ3n) is 2.35. The molecule has 2 N–H and O–H groups in total. The number of aliphatic hydroxyl groups excluding tert-OH is 1. The molecule has 19 heavy (non-hydrogen) atoms. The van der Waals surface area contributed by atoms with Crippen LogP contribution in [0.3, 0.4) is 0 Å². The molecule has 0 aliphatic heterocycles. The zero-order chi connectivity index (χ0) is 14.6. The molecule has 0 saturated carbocycles. The van der Waals surface area contributed by atoms with Crippen molar-refractivity contribution in [3.8, 4) is 0 Å². The molecule has 2 unspecified atom stereocenters. The van der Waals surface area contributed by atoms with E-state index in [2.05, 4.69) is 5.32 Å². The van der Waals surface area contributed by atoms with Gasteiger partial charge in [-0.3, -0.25) is 4.21 Å². The summed E-state index contributed by atoms with van der Waals surface area (Å²) in [5, 5.41) is 12.8. The molecule has 0 fully saturated rings. The molecule has 0 amide bonds. The summed E-state index contributed by atoms with van der Waals surface area (Å²) in [7, 11) is -1.77. The summed E-state index contributed by atoms with van der Waals surface area (Å²) in [5.41, 5.74) is -0.174. The summed E-state index contributed by atoms with van der Waals surface area (Å²) in [6.45, 7) is 6.04. The van der Waals surface area contributed by atoms with Crippen LogP contribution < -0.4 is 5.32 Å². The predicted octanol–water partition coefficient (Wildman–Crippen LogP) is 1.82. The second-order valence-electron chi connectivity index (χ2n) is 5.37. The molecule has 0 heterocycles. The second-order valence-corrected chi connectivity index (χ2v) is 6.84. The summed E-state index contributed by atoms with van der Waals surface area (Å²) in [6, 6.07) is 2.80. The fourth-order valence-corrected chi connectivity index (χ4v) is 2.58. The molecule has 2 atom stereocenters. The van der Waals surface area contributed by atoms with Gasteiger partial charge >= 0.3 is 0 Å². The topological polar surface area (TPSA) is 49.3 Å². The van der Waals surface area contributed by atoms with Gasteiger partial charge in [0.05, 0.1) is 27.6 Å². The summed E-state index contributed by atoms with van der Waals surface area (Å²) < 4.78 is 38.2. The molecule has 0 bridgehead atoms. The molecular weight excluding hydrogens is 272 g/mol. The van der Waals surface area contributed by atoms with Gasteiger partial charge in [0, 0.05) is 12.1 Å². The minimum Gasteiger partial charge on any atom is -0.391 e. The van der Waals surface area contributed by atoms with E-state index in [4.69, 9.17) is 0 Å². The summed E-state index contributed by atoms with van der Waals surface area (Å²) in [4.78, 5) is -0.213. The van der Waals surface area contributed by atoms with Crippen LogP contribution in [0.5, 0.6) is 0 Å². The van der Waals surface area contributed by atoms with Gasteiger partial charge in [0.15, 0.2) is 0 Å². The molecule has 0 spiro atoms. The Hall–Kier alpha value is -0.850. The zero-order valence-electron chi connectivity index (χ0n) is 11.2. The van der Waals surface area contributed by atoms with Gasteiger partial charge in [0.1, 0.15) is 11.6 Å². The molecule has 6 heteroatoms. The molecule has 3 nitrogen and oxygen atoms in total. The fraction of sp³-hybridized carbons (Fsp3) is 0.538. The predicted molar refractivity (Wildman–Crippen MR) is 71.4 cm³/mol. The van der Waals surface area contributed by atoms with Gasteiger partial charge < -0.3 is 10.4 Å². The van der Waals surface area contributed by atoms with E-state index >= 15 is 0 Å². The van der Waals surface area contributed by atoms with Gasteiger partial charge in [-0.25, -0.2) is 8.78 Å². The van der Waals surface area contributed by atoms with E-state index in [0.717, 1.165) is 18.2 Å². The lowest BCUT2D eigenvalue weighted by Gasteiger charge is -2.22. The van der Waals surface area contributed by atoms with E-state index in [1.807, 2.05) is 20.8 Å². The van der Waals surface area contributed by atoms with Crippen LogP contribution in [0.25, 0.3) is 0 Å². The smallest absolute Gasteiger partial charge is 0.139 e. The largest absolute Gasteiger partial charge is 0.391 e. The van der Waals surface area contributed by atoms with Gasteiger partial charge in [-0.1, -0.05) is 0 Å². The fourth-order valence-electron chi connectivity index (χ4n) is 1.40. The average molecular weight is 291 g/mol. The van der Waals surface area contributed by atoms with Crippen molar-refractivity contribution in [3.63, 3.8) is 0 Å². The number of benzene rings is 1. The minimum absolute atomic E-state index is 0.135. The summed E-state index contributed by atoms with van der Waals surface area (Å²) in [5.74, 6) is -1.51. The number of nitrogens with one attached hydrogen (secondary N) is 1. The third-order valence-corrected chi connectivity index (χ3v) is 3.84. The normalized spacial score (nSPS) is 15.3. The van der Waals surface area contributed by atoms with Crippen molar-refractivity contribution in [3.05, 3.63) is 29.8 Å². The van der Waals surface area contributed by atoms with Crippen LogP contribution in [0.2, 0.25) is 0 Å². The van der Waals surface area contributed by atoms with Gasteiger partial charge in [-0.05, 0) is 39.0 Å². The Bertz CT molecular complexity index is 460. The number of hydrogen-bond acceptors (Lipinski definition) is 3. The number of aliphatic hydroxyl groups is 1. The quantitative estimate of drug-likeness (QED) is 0.870. The van der Waals surface area contributed by atoms with Gasteiger partial charge in [0.2, 0.25) is 0 Å². The van der Waals surface area contributed by atoms with Gasteiger partial charge in [-0.15, -0.1) is 0 Å². The van der Waals surface area contributed by atoms with Crippen molar-refractivity contribution in [1.29, 1.82) is 0 Å².